The van der Waals surface area contributed by atoms with Crippen molar-refractivity contribution in [1.82, 2.24) is 10.2 Å². The number of hydrogen-bond donors (Lipinski definition) is 3. The van der Waals surface area contributed by atoms with Gasteiger partial charge in [-0.05, 0) is 49.6 Å². The van der Waals surface area contributed by atoms with Crippen LogP contribution in [0, 0.1) is 6.92 Å². The molecule has 2 aromatic rings. The van der Waals surface area contributed by atoms with Gasteiger partial charge in [0.1, 0.15) is 0 Å². The lowest BCUT2D eigenvalue weighted by atomic mass is 10.1. The van der Waals surface area contributed by atoms with Crippen LogP contribution in [-0.4, -0.2) is 42.4 Å². The summed E-state index contributed by atoms with van der Waals surface area (Å²) in [5.41, 5.74) is 2.46. The number of carbonyl (C=O) groups is 3. The first-order chi connectivity index (χ1) is 13.5. The molecule has 4 amide bonds. The normalized spacial score (nSPS) is 13.1. The molecule has 7 nitrogen and oxygen atoms in total. The van der Waals surface area contributed by atoms with E-state index in [2.05, 4.69) is 16.0 Å². The largest absolute Gasteiger partial charge is 0.341 e. The van der Waals surface area contributed by atoms with Crippen molar-refractivity contribution < 1.29 is 14.4 Å². The number of nitrogens with one attached hydrogen (secondary N) is 3. The Labute approximate surface area is 164 Å². The first-order valence-electron chi connectivity index (χ1n) is 9.32. The molecule has 1 aliphatic heterocycles. The topological polar surface area (TPSA) is 90.5 Å². The van der Waals surface area contributed by atoms with Gasteiger partial charge >= 0.3 is 6.03 Å². The third-order valence-corrected chi connectivity index (χ3v) is 4.64. The Bertz CT molecular complexity index is 861. The number of likely N-dealkylation sites (tertiary alicyclic amines) is 1. The molecular weight excluding hydrogens is 356 g/mol. The molecule has 1 fully saturated rings. The molecule has 146 valence electrons. The van der Waals surface area contributed by atoms with E-state index in [1.165, 1.54) is 0 Å². The molecule has 0 saturated carbocycles. The number of amides is 4. The second-order valence-electron chi connectivity index (χ2n) is 6.75. The molecule has 1 aliphatic rings. The summed E-state index contributed by atoms with van der Waals surface area (Å²) >= 11 is 0. The molecule has 1 heterocycles. The number of urea groups is 1. The minimum absolute atomic E-state index is 0.0426. The van der Waals surface area contributed by atoms with E-state index in [1.807, 2.05) is 25.1 Å². The lowest BCUT2D eigenvalue weighted by molar-refractivity contribution is -0.128. The standard InChI is InChI=1S/C21H24N4O3/c1-15-9-10-16(20(27)23-17-7-3-2-4-8-17)13-18(15)24-21(28)22-14-19(26)25-11-5-6-12-25/h2-4,7-10,13H,5-6,11-12,14H2,1H3,(H,23,27)(H2,22,24,28). The van der Waals surface area contributed by atoms with Crippen LogP contribution in [-0.2, 0) is 4.79 Å². The maximum Gasteiger partial charge on any atom is 0.319 e. The average molecular weight is 380 g/mol. The van der Waals surface area contributed by atoms with Crippen LogP contribution < -0.4 is 16.0 Å². The van der Waals surface area contributed by atoms with E-state index >= 15 is 0 Å². The molecule has 1 saturated heterocycles. The zero-order valence-corrected chi connectivity index (χ0v) is 15.8. The summed E-state index contributed by atoms with van der Waals surface area (Å²) < 4.78 is 0. The van der Waals surface area contributed by atoms with Gasteiger partial charge in [0.25, 0.3) is 5.91 Å². The fourth-order valence-electron chi connectivity index (χ4n) is 3.02. The number of benzene rings is 2. The van der Waals surface area contributed by atoms with E-state index in [-0.39, 0.29) is 18.4 Å². The summed E-state index contributed by atoms with van der Waals surface area (Å²) in [4.78, 5) is 38.4. The van der Waals surface area contributed by atoms with Gasteiger partial charge in [0.05, 0.1) is 6.54 Å². The van der Waals surface area contributed by atoms with E-state index in [1.54, 1.807) is 35.2 Å². The van der Waals surface area contributed by atoms with Crippen molar-refractivity contribution in [3.05, 3.63) is 59.7 Å². The molecule has 3 N–H and O–H groups in total. The number of carbonyl (C=O) groups excluding carboxylic acids is 3. The second-order valence-corrected chi connectivity index (χ2v) is 6.75. The molecule has 0 atom stereocenters. The summed E-state index contributed by atoms with van der Waals surface area (Å²) in [6.45, 7) is 3.29. The molecular formula is C21H24N4O3. The van der Waals surface area contributed by atoms with Crippen LogP contribution in [0.25, 0.3) is 0 Å². The third-order valence-electron chi connectivity index (χ3n) is 4.64. The van der Waals surface area contributed by atoms with Crippen LogP contribution in [0.1, 0.15) is 28.8 Å². The van der Waals surface area contributed by atoms with Crippen LogP contribution in [0.2, 0.25) is 0 Å². The highest BCUT2D eigenvalue weighted by molar-refractivity contribution is 6.05. The van der Waals surface area contributed by atoms with Crippen molar-refractivity contribution in [3.8, 4) is 0 Å². The number of para-hydroxylation sites is 1. The lowest BCUT2D eigenvalue weighted by Crippen LogP contribution is -2.40. The number of aryl methyl sites for hydroxylation is 1. The van der Waals surface area contributed by atoms with Crippen molar-refractivity contribution in [3.63, 3.8) is 0 Å². The molecule has 28 heavy (non-hydrogen) atoms. The number of nitrogens with zero attached hydrogens (tertiary/aromatic N) is 1. The van der Waals surface area contributed by atoms with Crippen LogP contribution in [0.15, 0.2) is 48.5 Å². The van der Waals surface area contributed by atoms with Gasteiger partial charge in [0.15, 0.2) is 0 Å². The summed E-state index contributed by atoms with van der Waals surface area (Å²) in [7, 11) is 0. The molecule has 0 radical (unpaired) electrons. The molecule has 0 bridgehead atoms. The molecule has 0 spiro atoms. The van der Waals surface area contributed by atoms with Gasteiger partial charge < -0.3 is 20.9 Å². The zero-order valence-electron chi connectivity index (χ0n) is 15.8. The third kappa shape index (κ3) is 5.09. The van der Waals surface area contributed by atoms with Crippen molar-refractivity contribution in [1.29, 1.82) is 0 Å². The maximum absolute atomic E-state index is 12.4. The number of rotatable bonds is 5. The van der Waals surface area contributed by atoms with Crippen LogP contribution >= 0.6 is 0 Å². The van der Waals surface area contributed by atoms with Gasteiger partial charge in [-0.3, -0.25) is 9.59 Å². The summed E-state index contributed by atoms with van der Waals surface area (Å²) in [5.74, 6) is -0.348. The Kier molecular flexibility index (Phi) is 6.26. The first kappa shape index (κ1) is 19.4. The van der Waals surface area contributed by atoms with Crippen molar-refractivity contribution >= 4 is 29.2 Å². The zero-order chi connectivity index (χ0) is 19.9. The Morgan fingerprint density at radius 1 is 0.964 bits per heavy atom. The highest BCUT2D eigenvalue weighted by Gasteiger charge is 2.18. The molecule has 3 rings (SSSR count). The smallest absolute Gasteiger partial charge is 0.319 e. The maximum atomic E-state index is 12.4. The van der Waals surface area contributed by atoms with E-state index in [0.29, 0.717) is 16.9 Å². The first-order valence-corrected chi connectivity index (χ1v) is 9.32. The summed E-state index contributed by atoms with van der Waals surface area (Å²) in [6, 6.07) is 13.8. The van der Waals surface area contributed by atoms with Gasteiger partial charge in [-0.25, -0.2) is 4.79 Å². The molecule has 0 unspecified atom stereocenters. The van der Waals surface area contributed by atoms with Crippen molar-refractivity contribution in [2.24, 2.45) is 0 Å². The van der Waals surface area contributed by atoms with E-state index < -0.39 is 6.03 Å². The highest BCUT2D eigenvalue weighted by Crippen LogP contribution is 2.18. The molecule has 2 aromatic carbocycles. The average Bonchev–Trinajstić information content (AvgIpc) is 3.23. The van der Waals surface area contributed by atoms with Gasteiger partial charge in [0.2, 0.25) is 5.91 Å². The predicted octanol–water partition coefficient (Wildman–Crippen LogP) is 2.99. The fourth-order valence-corrected chi connectivity index (χ4v) is 3.02. The predicted molar refractivity (Wildman–Crippen MR) is 108 cm³/mol. The van der Waals surface area contributed by atoms with Crippen molar-refractivity contribution in [2.45, 2.75) is 19.8 Å². The van der Waals surface area contributed by atoms with Gasteiger partial charge in [-0.1, -0.05) is 24.3 Å². The second kappa shape index (κ2) is 9.03. The Morgan fingerprint density at radius 3 is 2.39 bits per heavy atom. The highest BCUT2D eigenvalue weighted by atomic mass is 16.2. The van der Waals surface area contributed by atoms with E-state index in [0.717, 1.165) is 31.5 Å². The minimum atomic E-state index is -0.476. The molecule has 0 aliphatic carbocycles. The quantitative estimate of drug-likeness (QED) is 0.745. The summed E-state index contributed by atoms with van der Waals surface area (Å²) in [5, 5.41) is 8.11. The van der Waals surface area contributed by atoms with Crippen LogP contribution in [0.5, 0.6) is 0 Å². The van der Waals surface area contributed by atoms with E-state index in [9.17, 15) is 14.4 Å². The SMILES string of the molecule is Cc1ccc(C(=O)Nc2ccccc2)cc1NC(=O)NCC(=O)N1CCCC1. The van der Waals surface area contributed by atoms with Crippen LogP contribution in [0.3, 0.4) is 0 Å². The van der Waals surface area contributed by atoms with Crippen LogP contribution in [0.4, 0.5) is 16.2 Å². The van der Waals surface area contributed by atoms with Gasteiger partial charge in [-0.2, -0.15) is 0 Å². The van der Waals surface area contributed by atoms with Gasteiger partial charge in [-0.15, -0.1) is 0 Å². The molecule has 7 heteroatoms. The molecule has 0 aromatic heterocycles. The van der Waals surface area contributed by atoms with Crippen molar-refractivity contribution in [2.75, 3.05) is 30.3 Å². The fraction of sp³-hybridized carbons (Fsp3) is 0.286. The Hall–Kier alpha value is -3.35. The van der Waals surface area contributed by atoms with Gasteiger partial charge in [0, 0.05) is 30.0 Å². The number of hydrogen-bond acceptors (Lipinski definition) is 3. The monoisotopic (exact) mass is 380 g/mol. The van der Waals surface area contributed by atoms with E-state index in [4.69, 9.17) is 0 Å². The summed E-state index contributed by atoms with van der Waals surface area (Å²) in [6.07, 6.45) is 2.02. The Morgan fingerprint density at radius 2 is 1.68 bits per heavy atom. The lowest BCUT2D eigenvalue weighted by Gasteiger charge is -2.16. The Balaban J connectivity index is 1.58. The number of anilines is 2. The minimum Gasteiger partial charge on any atom is -0.341 e.